The standard InChI is InChI=1S/C11H13ClN4O/c12-9-11-13-14-15-16(11)7-4-8-17-10-5-2-1-3-6-10/h1-3,5-6H,4,7-9H2. The largest absolute Gasteiger partial charge is 0.494 e. The Bertz CT molecular complexity index is 446. The third-order valence-corrected chi connectivity index (χ3v) is 2.49. The summed E-state index contributed by atoms with van der Waals surface area (Å²) in [6, 6.07) is 9.72. The molecule has 0 atom stereocenters. The molecule has 0 N–H and O–H groups in total. The predicted molar refractivity (Wildman–Crippen MR) is 63.9 cm³/mol. The highest BCUT2D eigenvalue weighted by Crippen LogP contribution is 2.08. The van der Waals surface area contributed by atoms with Crippen molar-refractivity contribution in [2.75, 3.05) is 6.61 Å². The Morgan fingerprint density at radius 3 is 2.82 bits per heavy atom. The lowest BCUT2D eigenvalue weighted by Crippen LogP contribution is -2.08. The van der Waals surface area contributed by atoms with Gasteiger partial charge in [-0.05, 0) is 22.6 Å². The van der Waals surface area contributed by atoms with E-state index in [0.29, 0.717) is 24.9 Å². The second-order valence-corrected chi connectivity index (χ2v) is 3.73. The number of para-hydroxylation sites is 1. The SMILES string of the molecule is ClCc1nnnn1CCCOc1ccccc1. The molecule has 2 aromatic rings. The van der Waals surface area contributed by atoms with E-state index in [0.717, 1.165) is 12.2 Å². The van der Waals surface area contributed by atoms with Crippen LogP contribution in [0.3, 0.4) is 0 Å². The first-order valence-corrected chi connectivity index (χ1v) is 5.92. The van der Waals surface area contributed by atoms with Gasteiger partial charge in [-0.25, -0.2) is 4.68 Å². The average Bonchev–Trinajstić information content (AvgIpc) is 2.83. The Morgan fingerprint density at radius 1 is 1.24 bits per heavy atom. The van der Waals surface area contributed by atoms with Crippen LogP contribution in [0, 0.1) is 0 Å². The number of alkyl halides is 1. The highest BCUT2D eigenvalue weighted by Gasteiger charge is 2.03. The number of aryl methyl sites for hydroxylation is 1. The van der Waals surface area contributed by atoms with Crippen LogP contribution in [0.25, 0.3) is 0 Å². The van der Waals surface area contributed by atoms with E-state index >= 15 is 0 Å². The van der Waals surface area contributed by atoms with Crippen molar-refractivity contribution in [3.63, 3.8) is 0 Å². The summed E-state index contributed by atoms with van der Waals surface area (Å²) in [5, 5.41) is 11.2. The maximum absolute atomic E-state index is 5.69. The van der Waals surface area contributed by atoms with E-state index < -0.39 is 0 Å². The number of aromatic nitrogens is 4. The smallest absolute Gasteiger partial charge is 0.165 e. The molecule has 1 aromatic heterocycles. The van der Waals surface area contributed by atoms with Crippen molar-refractivity contribution in [1.29, 1.82) is 0 Å². The second kappa shape index (κ2) is 6.20. The van der Waals surface area contributed by atoms with E-state index in [2.05, 4.69) is 15.5 Å². The predicted octanol–water partition coefficient (Wildman–Crippen LogP) is 1.88. The van der Waals surface area contributed by atoms with Crippen LogP contribution in [0.2, 0.25) is 0 Å². The Morgan fingerprint density at radius 2 is 2.06 bits per heavy atom. The summed E-state index contributed by atoms with van der Waals surface area (Å²) in [6.07, 6.45) is 0.837. The van der Waals surface area contributed by atoms with Crippen molar-refractivity contribution in [2.24, 2.45) is 0 Å². The summed E-state index contributed by atoms with van der Waals surface area (Å²) in [7, 11) is 0. The molecule has 0 saturated carbocycles. The minimum absolute atomic E-state index is 0.326. The third kappa shape index (κ3) is 3.42. The number of rotatable bonds is 6. The van der Waals surface area contributed by atoms with Crippen LogP contribution < -0.4 is 4.74 Å². The fourth-order valence-electron chi connectivity index (χ4n) is 1.41. The molecule has 6 heteroatoms. The van der Waals surface area contributed by atoms with Crippen LogP contribution >= 0.6 is 11.6 Å². The van der Waals surface area contributed by atoms with Crippen molar-refractivity contribution in [3.8, 4) is 5.75 Å². The summed E-state index contributed by atoms with van der Waals surface area (Å²) in [5.74, 6) is 1.89. The lowest BCUT2D eigenvalue weighted by Gasteiger charge is -2.06. The topological polar surface area (TPSA) is 52.8 Å². The van der Waals surface area contributed by atoms with Crippen LogP contribution in [0.5, 0.6) is 5.75 Å². The van der Waals surface area contributed by atoms with Crippen molar-refractivity contribution in [2.45, 2.75) is 18.8 Å². The Balaban J connectivity index is 1.73. The van der Waals surface area contributed by atoms with E-state index in [1.165, 1.54) is 0 Å². The number of hydrogen-bond donors (Lipinski definition) is 0. The van der Waals surface area contributed by atoms with Crippen molar-refractivity contribution in [3.05, 3.63) is 36.2 Å². The van der Waals surface area contributed by atoms with E-state index in [9.17, 15) is 0 Å². The van der Waals surface area contributed by atoms with Crippen LogP contribution in [0.15, 0.2) is 30.3 Å². The molecule has 0 fully saturated rings. The highest BCUT2D eigenvalue weighted by molar-refractivity contribution is 6.16. The van der Waals surface area contributed by atoms with Crippen LogP contribution in [-0.2, 0) is 12.4 Å². The monoisotopic (exact) mass is 252 g/mol. The van der Waals surface area contributed by atoms with Gasteiger partial charge in [0.25, 0.3) is 0 Å². The van der Waals surface area contributed by atoms with Crippen LogP contribution in [0.1, 0.15) is 12.2 Å². The molecular formula is C11H13ClN4O. The summed E-state index contributed by atoms with van der Waals surface area (Å²) in [4.78, 5) is 0. The number of benzene rings is 1. The second-order valence-electron chi connectivity index (χ2n) is 3.47. The normalized spacial score (nSPS) is 10.4. The number of halogens is 1. The minimum Gasteiger partial charge on any atom is -0.494 e. The van der Waals surface area contributed by atoms with Crippen molar-refractivity contribution < 1.29 is 4.74 Å². The molecule has 0 aliphatic rings. The quantitative estimate of drug-likeness (QED) is 0.582. The molecule has 5 nitrogen and oxygen atoms in total. The van der Waals surface area contributed by atoms with E-state index in [1.807, 2.05) is 30.3 Å². The van der Waals surface area contributed by atoms with Gasteiger partial charge in [0.2, 0.25) is 0 Å². The first-order chi connectivity index (χ1) is 8.40. The third-order valence-electron chi connectivity index (χ3n) is 2.25. The van der Waals surface area contributed by atoms with E-state index in [1.54, 1.807) is 4.68 Å². The van der Waals surface area contributed by atoms with Gasteiger partial charge in [0, 0.05) is 13.0 Å². The van der Waals surface area contributed by atoms with Gasteiger partial charge >= 0.3 is 0 Å². The molecule has 90 valence electrons. The number of ether oxygens (including phenoxy) is 1. The van der Waals surface area contributed by atoms with Crippen molar-refractivity contribution >= 4 is 11.6 Å². The molecular weight excluding hydrogens is 240 g/mol. The zero-order chi connectivity index (χ0) is 11.9. The molecule has 0 saturated heterocycles. The van der Waals surface area contributed by atoms with Crippen molar-refractivity contribution in [1.82, 2.24) is 20.2 Å². The lowest BCUT2D eigenvalue weighted by atomic mass is 10.3. The molecule has 0 unspecified atom stereocenters. The van der Waals surface area contributed by atoms with Gasteiger partial charge in [0.05, 0.1) is 12.5 Å². The molecule has 0 spiro atoms. The summed E-state index contributed by atoms with van der Waals surface area (Å²) < 4.78 is 7.26. The van der Waals surface area contributed by atoms with Gasteiger partial charge in [0.15, 0.2) is 5.82 Å². The van der Waals surface area contributed by atoms with Gasteiger partial charge in [-0.3, -0.25) is 0 Å². The summed E-state index contributed by atoms with van der Waals surface area (Å²) >= 11 is 5.69. The molecule has 1 aromatic carbocycles. The zero-order valence-electron chi connectivity index (χ0n) is 9.29. The molecule has 0 aliphatic carbocycles. The van der Waals surface area contributed by atoms with Gasteiger partial charge in [-0.1, -0.05) is 18.2 Å². The lowest BCUT2D eigenvalue weighted by molar-refractivity contribution is 0.297. The summed E-state index contributed by atoms with van der Waals surface area (Å²) in [6.45, 7) is 1.34. The Labute approximate surface area is 104 Å². The number of tetrazole rings is 1. The molecule has 0 radical (unpaired) electrons. The van der Waals surface area contributed by atoms with Gasteiger partial charge in [-0.2, -0.15) is 0 Å². The molecule has 2 rings (SSSR count). The fraction of sp³-hybridized carbons (Fsp3) is 0.364. The molecule has 1 heterocycles. The van der Waals surface area contributed by atoms with E-state index in [-0.39, 0.29) is 0 Å². The zero-order valence-corrected chi connectivity index (χ0v) is 10.0. The number of nitrogens with zero attached hydrogens (tertiary/aromatic N) is 4. The minimum atomic E-state index is 0.326. The number of hydrogen-bond acceptors (Lipinski definition) is 4. The van der Waals surface area contributed by atoms with Crippen LogP contribution in [0.4, 0.5) is 0 Å². The van der Waals surface area contributed by atoms with Crippen LogP contribution in [-0.4, -0.2) is 26.8 Å². The van der Waals surface area contributed by atoms with Gasteiger partial charge in [-0.15, -0.1) is 16.7 Å². The first-order valence-electron chi connectivity index (χ1n) is 5.39. The molecule has 0 bridgehead atoms. The first kappa shape index (κ1) is 11.9. The Kier molecular flexibility index (Phi) is 4.32. The van der Waals surface area contributed by atoms with E-state index in [4.69, 9.17) is 16.3 Å². The fourth-order valence-corrected chi connectivity index (χ4v) is 1.61. The maximum atomic E-state index is 5.69. The van der Waals surface area contributed by atoms with Gasteiger partial charge in [0.1, 0.15) is 5.75 Å². The molecule has 0 amide bonds. The Hall–Kier alpha value is -1.62. The molecule has 17 heavy (non-hydrogen) atoms. The summed E-state index contributed by atoms with van der Waals surface area (Å²) in [5.41, 5.74) is 0. The molecule has 0 aliphatic heterocycles. The van der Waals surface area contributed by atoms with Gasteiger partial charge < -0.3 is 4.74 Å². The highest BCUT2D eigenvalue weighted by atomic mass is 35.5. The average molecular weight is 253 g/mol. The maximum Gasteiger partial charge on any atom is 0.165 e.